The smallest absolute Gasteiger partial charge is 0.563 e. The van der Waals surface area contributed by atoms with Gasteiger partial charge in [-0.05, 0) is 9.13 Å². The molecule has 6 nitrogen and oxygen atoms in total. The van der Waals surface area contributed by atoms with Gasteiger partial charge in [-0.3, -0.25) is 0 Å². The van der Waals surface area contributed by atoms with Crippen LogP contribution in [0.1, 0.15) is 0 Å². The van der Waals surface area contributed by atoms with Crippen LogP contribution in [-0.2, 0) is 13.4 Å². The predicted octanol–water partition coefficient (Wildman–Crippen LogP) is -1.12. The third-order valence-electron chi connectivity index (χ3n) is 0.218. The van der Waals surface area contributed by atoms with Gasteiger partial charge in [-0.2, -0.15) is 0 Å². The summed E-state index contributed by atoms with van der Waals surface area (Å²) < 4.78 is 21.6. The summed E-state index contributed by atoms with van der Waals surface area (Å²) in [6.45, 7) is 0.0849. The molecule has 0 aromatic heterocycles. The maximum absolute atomic E-state index is 9.24. The van der Waals surface area contributed by atoms with Gasteiger partial charge >= 0.3 is 39.6 Å². The van der Waals surface area contributed by atoms with Crippen LogP contribution in [0.25, 0.3) is 0 Å². The Bertz CT molecular complexity index is 119. The van der Waals surface area contributed by atoms with Crippen molar-refractivity contribution in [2.75, 3.05) is 12.5 Å². The molecular formula is C2H5ClMgO6P2+2. The first-order valence-corrected chi connectivity index (χ1v) is 4.90. The maximum atomic E-state index is 9.24. The van der Waals surface area contributed by atoms with Crippen LogP contribution in [0, 0.1) is 0 Å². The molecule has 0 aromatic rings. The van der Waals surface area contributed by atoms with Crippen molar-refractivity contribution >= 4 is 51.2 Å². The second kappa shape index (κ2) is 14.6. The van der Waals surface area contributed by atoms with Gasteiger partial charge in [-0.1, -0.05) is 0 Å². The van der Waals surface area contributed by atoms with Gasteiger partial charge < -0.3 is 14.9 Å². The van der Waals surface area contributed by atoms with E-state index in [0.29, 0.717) is 5.88 Å². The minimum Gasteiger partial charge on any atom is -0.563 e. The average molecular weight is 247 g/mol. The van der Waals surface area contributed by atoms with Crippen LogP contribution in [0.15, 0.2) is 0 Å². The summed E-state index contributed by atoms with van der Waals surface area (Å²) in [5.41, 5.74) is 0. The SMILES string of the molecule is O=[P+]([O-])O[P+](=O)[O-].OCCCl.[Mg+2]. The summed E-state index contributed by atoms with van der Waals surface area (Å²) in [7, 11) is -6.47. The molecule has 10 heteroatoms. The van der Waals surface area contributed by atoms with Crippen molar-refractivity contribution in [3.05, 3.63) is 0 Å². The summed E-state index contributed by atoms with van der Waals surface area (Å²) in [4.78, 5) is 18.5. The van der Waals surface area contributed by atoms with Crippen molar-refractivity contribution in [1.82, 2.24) is 0 Å². The minimum atomic E-state index is -3.24. The van der Waals surface area contributed by atoms with E-state index in [4.69, 9.17) is 16.7 Å². The van der Waals surface area contributed by atoms with E-state index in [2.05, 4.69) is 4.31 Å². The Morgan fingerprint density at radius 2 is 1.58 bits per heavy atom. The van der Waals surface area contributed by atoms with Crippen molar-refractivity contribution in [3.8, 4) is 0 Å². The van der Waals surface area contributed by atoms with E-state index in [9.17, 15) is 18.9 Å². The molecule has 0 aliphatic rings. The average Bonchev–Trinajstić information content (AvgIpc) is 1.85. The van der Waals surface area contributed by atoms with E-state index >= 15 is 0 Å². The second-order valence-corrected chi connectivity index (χ2v) is 2.87. The molecule has 0 heterocycles. The number of hydrogen-bond acceptors (Lipinski definition) is 6. The molecule has 1 N–H and O–H groups in total. The van der Waals surface area contributed by atoms with E-state index in [-0.39, 0.29) is 29.7 Å². The number of alkyl halides is 1. The van der Waals surface area contributed by atoms with E-state index in [0.717, 1.165) is 0 Å². The zero-order valence-electron chi connectivity index (χ0n) is 5.88. The fourth-order valence-electron chi connectivity index (χ4n) is 0.0544. The summed E-state index contributed by atoms with van der Waals surface area (Å²) >= 11 is 4.94. The van der Waals surface area contributed by atoms with Crippen LogP contribution in [0.4, 0.5) is 0 Å². The quantitative estimate of drug-likeness (QED) is 0.384. The molecule has 0 saturated heterocycles. The minimum absolute atomic E-state index is 0. The standard InChI is InChI=1S/C2H5ClO.Mg.O5P2/c3-1-2-4;;1-6(2)5-7(3)4/h4H,1-2H2;;/q;+2;. The van der Waals surface area contributed by atoms with Crippen LogP contribution in [-0.4, -0.2) is 40.6 Å². The van der Waals surface area contributed by atoms with E-state index in [1.54, 1.807) is 0 Å². The van der Waals surface area contributed by atoms with Gasteiger partial charge in [0.25, 0.3) is 0 Å². The van der Waals surface area contributed by atoms with Gasteiger partial charge in [-0.25, -0.2) is 0 Å². The second-order valence-electron chi connectivity index (χ2n) is 0.941. The first kappa shape index (κ1) is 18.8. The molecule has 0 aromatic carbocycles. The maximum Gasteiger partial charge on any atom is 2.00 e. The summed E-state index contributed by atoms with van der Waals surface area (Å²) in [6.07, 6.45) is 0. The zero-order valence-corrected chi connectivity index (χ0v) is 9.84. The Hall–Kier alpha value is 1.10. The molecule has 2 atom stereocenters. The topological polar surface area (TPSA) is 110 Å². The Morgan fingerprint density at radius 1 is 1.33 bits per heavy atom. The molecule has 0 aliphatic carbocycles. The zero-order chi connectivity index (χ0) is 9.28. The van der Waals surface area contributed by atoms with E-state index < -0.39 is 16.5 Å². The number of hydrogen-bond donors (Lipinski definition) is 1. The van der Waals surface area contributed by atoms with Gasteiger partial charge in [0.15, 0.2) is 0 Å². The Balaban J connectivity index is -0.000000142. The summed E-state index contributed by atoms with van der Waals surface area (Å²) in [5, 5.41) is 7.74. The molecule has 0 aliphatic heterocycles. The number of aliphatic hydroxyl groups is 1. The molecule has 2 unspecified atom stereocenters. The number of rotatable bonds is 3. The van der Waals surface area contributed by atoms with Crippen LogP contribution in [0.5, 0.6) is 0 Å². The number of halogens is 1. The summed E-state index contributed by atoms with van der Waals surface area (Å²) in [6, 6.07) is 0. The normalized spacial score (nSPS) is 10.3. The molecule has 0 saturated carbocycles. The monoisotopic (exact) mass is 246 g/mol. The van der Waals surface area contributed by atoms with Crippen LogP contribution in [0.2, 0.25) is 0 Å². The molecule has 66 valence electrons. The van der Waals surface area contributed by atoms with Gasteiger partial charge in [0, 0.05) is 5.88 Å². The molecule has 0 radical (unpaired) electrons. The number of aliphatic hydroxyl groups excluding tert-OH is 1. The van der Waals surface area contributed by atoms with Crippen molar-refractivity contribution in [3.63, 3.8) is 0 Å². The molecule has 0 fully saturated rings. The molecule has 0 bridgehead atoms. The molecule has 0 amide bonds. The van der Waals surface area contributed by atoms with Crippen molar-refractivity contribution < 1.29 is 28.3 Å². The van der Waals surface area contributed by atoms with Gasteiger partial charge in [0.05, 0.1) is 6.61 Å². The van der Waals surface area contributed by atoms with Crippen LogP contribution >= 0.6 is 28.1 Å². The Kier molecular flexibility index (Phi) is 22.9. The first-order chi connectivity index (χ1) is 5.04. The largest absolute Gasteiger partial charge is 2.00 e. The first-order valence-electron chi connectivity index (χ1n) is 2.18. The molecule has 0 spiro atoms. The Morgan fingerprint density at radius 3 is 1.58 bits per heavy atom. The van der Waals surface area contributed by atoms with E-state index in [1.165, 1.54) is 0 Å². The van der Waals surface area contributed by atoms with Crippen LogP contribution < -0.4 is 9.79 Å². The third-order valence-corrected chi connectivity index (χ3v) is 1.45. The predicted molar refractivity (Wildman–Crippen MR) is 39.9 cm³/mol. The molecule has 0 rings (SSSR count). The van der Waals surface area contributed by atoms with E-state index in [1.807, 2.05) is 0 Å². The molecular weight excluding hydrogens is 242 g/mol. The summed E-state index contributed by atoms with van der Waals surface area (Å²) in [5.74, 6) is 0.347. The Labute approximate surface area is 91.9 Å². The van der Waals surface area contributed by atoms with Gasteiger partial charge in [0.2, 0.25) is 0 Å². The van der Waals surface area contributed by atoms with Gasteiger partial charge in [0.1, 0.15) is 4.31 Å². The van der Waals surface area contributed by atoms with Crippen LogP contribution in [0.3, 0.4) is 0 Å². The van der Waals surface area contributed by atoms with Crippen molar-refractivity contribution in [2.45, 2.75) is 0 Å². The van der Waals surface area contributed by atoms with Gasteiger partial charge in [-0.15, -0.1) is 11.6 Å². The van der Waals surface area contributed by atoms with Crippen molar-refractivity contribution in [1.29, 1.82) is 0 Å². The fourth-order valence-corrected chi connectivity index (χ4v) is 0.490. The fraction of sp³-hybridized carbons (Fsp3) is 1.00. The molecule has 12 heavy (non-hydrogen) atoms. The van der Waals surface area contributed by atoms with Crippen molar-refractivity contribution in [2.24, 2.45) is 0 Å². The third kappa shape index (κ3) is 30.4.